The van der Waals surface area contributed by atoms with E-state index in [1.807, 2.05) is 57.3 Å². The lowest BCUT2D eigenvalue weighted by molar-refractivity contribution is -1.09. The lowest BCUT2D eigenvalue weighted by Crippen LogP contribution is -2.63. The van der Waals surface area contributed by atoms with Crippen molar-refractivity contribution in [1.29, 1.82) is 0 Å². The average molecular weight is 1190 g/mol. The molecule has 452 valence electrons. The summed E-state index contributed by atoms with van der Waals surface area (Å²) in [6.45, 7) is 12.6. The summed E-state index contributed by atoms with van der Waals surface area (Å²) in [5, 5.41) is 24.0. The molecule has 0 aliphatic carbocycles. The predicted octanol–water partition coefficient (Wildman–Crippen LogP) is 13.5. The zero-order chi connectivity index (χ0) is 62.5. The van der Waals surface area contributed by atoms with Crippen molar-refractivity contribution in [3.63, 3.8) is 0 Å². The largest absolute Gasteiger partial charge is 0.626 e. The molecule has 2 amide bonds. The summed E-state index contributed by atoms with van der Waals surface area (Å²) in [6.07, 6.45) is -17.3. The Bertz CT molecular complexity index is 3330. The number of hydroxylamine groups is 5. The number of alkyl halides is 12. The predicted molar refractivity (Wildman–Crippen MR) is 297 cm³/mol. The Labute approximate surface area is 478 Å². The Balaban J connectivity index is 0.000000241. The first-order valence-corrected chi connectivity index (χ1v) is 26.5. The summed E-state index contributed by atoms with van der Waals surface area (Å²) >= 11 is 0. The maximum Gasteiger partial charge on any atom is 0.416 e. The normalized spacial score (nSPS) is 18.5. The molecule has 6 aromatic rings. The highest BCUT2D eigenvalue weighted by molar-refractivity contribution is 6.04. The van der Waals surface area contributed by atoms with Crippen LogP contribution in [0.1, 0.15) is 72.2 Å². The number of likely N-dealkylation sites (N-methyl/N-ethyl adjacent to an activating group) is 4. The minimum atomic E-state index is -5.07. The lowest BCUT2D eigenvalue weighted by atomic mass is 9.81. The van der Waals surface area contributed by atoms with Gasteiger partial charge in [0, 0.05) is 57.5 Å². The molecule has 84 heavy (non-hydrogen) atoms. The maximum absolute atomic E-state index is 13.9. The number of carbonyl (C=O) groups is 2. The molecule has 4 heterocycles. The molecule has 2 aromatic heterocycles. The number of aryl methyl sites for hydroxylation is 2. The van der Waals surface area contributed by atoms with E-state index in [2.05, 4.69) is 19.8 Å². The number of rotatable bonds is 10. The number of hydrogen-bond acceptors (Lipinski definition) is 8. The van der Waals surface area contributed by atoms with Gasteiger partial charge in [0.25, 0.3) is 0 Å². The molecular weight excluding hydrogens is 1120 g/mol. The van der Waals surface area contributed by atoms with E-state index in [-0.39, 0.29) is 54.5 Å². The van der Waals surface area contributed by atoms with Crippen LogP contribution in [0.3, 0.4) is 0 Å². The van der Waals surface area contributed by atoms with Gasteiger partial charge in [-0.05, 0) is 124 Å². The van der Waals surface area contributed by atoms with E-state index in [0.29, 0.717) is 52.5 Å². The topological polar surface area (TPSA) is 116 Å². The molecule has 12 nitrogen and oxygen atoms in total. The molecule has 4 aromatic carbocycles. The summed E-state index contributed by atoms with van der Waals surface area (Å²) in [5.74, 6) is -0.613. The highest BCUT2D eigenvalue weighted by atomic mass is 19.4. The van der Waals surface area contributed by atoms with Gasteiger partial charge in [-0.2, -0.15) is 57.3 Å². The molecule has 2 fully saturated rings. The number of nitrogens with zero attached hydrogens (tertiary/aromatic N) is 8. The van der Waals surface area contributed by atoms with Crippen LogP contribution in [0.15, 0.2) is 109 Å². The number of aromatic nitrogens is 2. The van der Waals surface area contributed by atoms with Crippen LogP contribution in [0.4, 0.5) is 75.7 Å². The van der Waals surface area contributed by atoms with Crippen molar-refractivity contribution in [2.45, 2.75) is 77.1 Å². The first-order chi connectivity index (χ1) is 38.7. The Morgan fingerprint density at radius 1 is 0.524 bits per heavy atom. The molecule has 0 spiro atoms. The summed E-state index contributed by atoms with van der Waals surface area (Å²) in [7, 11) is 6.45. The van der Waals surface area contributed by atoms with Crippen molar-refractivity contribution in [3.8, 4) is 22.3 Å². The van der Waals surface area contributed by atoms with Crippen molar-refractivity contribution in [2.24, 2.45) is 0 Å². The molecule has 0 saturated carbocycles. The second-order valence-electron chi connectivity index (χ2n) is 22.7. The minimum absolute atomic E-state index is 0.0211. The van der Waals surface area contributed by atoms with E-state index in [1.165, 1.54) is 59.1 Å². The molecule has 2 saturated heterocycles. The van der Waals surface area contributed by atoms with Gasteiger partial charge in [0.1, 0.15) is 18.9 Å². The standard InChI is InChI=1S/C30H33F6N4O3.C30H32F6N4O/c1-19-8-6-7-9-23(19)24-17-26(40(43)12-10-39(5,42)11-13-40)37-18-25(24)38(4)27(41)28(2,3)20-14-21(29(31,32)33)16-22(15-20)30(34,35)36;1-19-8-6-7-9-23(19)24-17-26(40-12-10-38(4)11-13-40)37-18-25(24)39(5)27(41)28(2,3)20-14-21(29(31,32)33)16-22(15-20)30(34,35)36/h6-9,14-18,42H,10-13H2,1-5H3;6-9,14-18H,10-13H2,1-5H3/q+1;. The minimum Gasteiger partial charge on any atom is -0.626 e. The molecule has 0 atom stereocenters. The first-order valence-electron chi connectivity index (χ1n) is 26.5. The average Bonchev–Trinajstić information content (AvgIpc) is 1.37. The number of quaternary nitrogens is 2. The smallest absolute Gasteiger partial charge is 0.416 e. The molecule has 0 radical (unpaired) electrons. The van der Waals surface area contributed by atoms with Crippen LogP contribution in [-0.2, 0) is 45.1 Å². The van der Waals surface area contributed by atoms with Crippen molar-refractivity contribution >= 4 is 34.8 Å². The van der Waals surface area contributed by atoms with E-state index in [0.717, 1.165) is 47.8 Å². The third-order valence-electron chi connectivity index (χ3n) is 15.8. The Kier molecular flexibility index (Phi) is 17.9. The van der Waals surface area contributed by atoms with Gasteiger partial charge < -0.3 is 29.5 Å². The molecule has 8 rings (SSSR count). The van der Waals surface area contributed by atoms with Crippen LogP contribution in [0.2, 0.25) is 0 Å². The zero-order valence-electron chi connectivity index (χ0n) is 47.8. The van der Waals surface area contributed by atoms with E-state index < -0.39 is 85.4 Å². The van der Waals surface area contributed by atoms with Crippen LogP contribution in [0.5, 0.6) is 0 Å². The molecular formula is C60H65F12N8O4+. The Hall–Kier alpha value is -7.12. The number of hydrogen-bond donors (Lipinski definition) is 1. The van der Waals surface area contributed by atoms with E-state index in [9.17, 15) is 72.7 Å². The fraction of sp³-hybridized carbons (Fsp3) is 0.400. The number of carbonyl (C=O) groups excluding carboxylic acids is 2. The second kappa shape index (κ2) is 23.4. The Morgan fingerprint density at radius 3 is 1.24 bits per heavy atom. The first kappa shape index (κ1) is 64.4. The summed E-state index contributed by atoms with van der Waals surface area (Å²) in [5.41, 5.74) is -5.47. The van der Waals surface area contributed by atoms with E-state index in [1.54, 1.807) is 31.3 Å². The molecule has 2 aliphatic heterocycles. The van der Waals surface area contributed by atoms with Gasteiger partial charge in [-0.1, -0.05) is 48.5 Å². The van der Waals surface area contributed by atoms with Crippen LogP contribution < -0.4 is 19.3 Å². The fourth-order valence-corrected chi connectivity index (χ4v) is 10.2. The second-order valence-corrected chi connectivity index (χ2v) is 22.7. The molecule has 1 N–H and O–H groups in total. The maximum atomic E-state index is 13.9. The lowest BCUT2D eigenvalue weighted by Gasteiger charge is -2.46. The summed E-state index contributed by atoms with van der Waals surface area (Å²) < 4.78 is 162. The van der Waals surface area contributed by atoms with Gasteiger partial charge in [0.2, 0.25) is 17.6 Å². The number of anilines is 3. The number of halogens is 12. The SMILES string of the molecule is Cc1ccccc1-c1cc(N2CCN(C)CC2)ncc1N(C)C(=O)C(C)(C)c1cc(C(F)(F)F)cc(C(F)(F)F)c1.Cc1ccccc1-c1cc([N+]2([O-])CC[N+](C)(O)CC2)ncc1N(C)C(=O)C(C)(C)c1cc(C(F)(F)F)cc(C(F)(F)F)c1. The summed E-state index contributed by atoms with van der Waals surface area (Å²) in [4.78, 5) is 43.5. The zero-order valence-corrected chi connectivity index (χ0v) is 47.8. The Morgan fingerprint density at radius 2 is 0.869 bits per heavy atom. The van der Waals surface area contributed by atoms with Gasteiger partial charge in [-0.3, -0.25) is 9.59 Å². The van der Waals surface area contributed by atoms with Gasteiger partial charge in [0.05, 0.1) is 63.9 Å². The number of benzene rings is 4. The van der Waals surface area contributed by atoms with E-state index >= 15 is 0 Å². The number of piperazine rings is 2. The van der Waals surface area contributed by atoms with E-state index in [4.69, 9.17) is 0 Å². The van der Waals surface area contributed by atoms with Gasteiger partial charge in [0.15, 0.2) is 13.1 Å². The molecule has 2 aliphatic rings. The van der Waals surface area contributed by atoms with Crippen LogP contribution in [0, 0.1) is 19.1 Å². The molecule has 24 heteroatoms. The third-order valence-corrected chi connectivity index (χ3v) is 15.8. The van der Waals surface area contributed by atoms with Crippen molar-refractivity contribution < 1.29 is 72.1 Å². The summed E-state index contributed by atoms with van der Waals surface area (Å²) in [6, 6.07) is 20.6. The van der Waals surface area contributed by atoms with Gasteiger partial charge in [-0.25, -0.2) is 15.2 Å². The van der Waals surface area contributed by atoms with Crippen LogP contribution >= 0.6 is 0 Å². The quantitative estimate of drug-likeness (QED) is 0.0819. The van der Waals surface area contributed by atoms with Crippen LogP contribution in [0.25, 0.3) is 22.3 Å². The van der Waals surface area contributed by atoms with Crippen molar-refractivity contribution in [1.82, 2.24) is 19.5 Å². The van der Waals surface area contributed by atoms with Crippen molar-refractivity contribution in [2.75, 3.05) is 95.2 Å². The monoisotopic (exact) mass is 1190 g/mol. The van der Waals surface area contributed by atoms with Gasteiger partial charge in [-0.15, -0.1) is 0 Å². The molecule has 0 bridgehead atoms. The van der Waals surface area contributed by atoms with Crippen LogP contribution in [-0.4, -0.2) is 117 Å². The van der Waals surface area contributed by atoms with Crippen molar-refractivity contribution in [3.05, 3.63) is 159 Å². The third kappa shape index (κ3) is 14.0. The number of amides is 2. The highest BCUT2D eigenvalue weighted by Gasteiger charge is 2.44. The number of pyridine rings is 2. The fourth-order valence-electron chi connectivity index (χ4n) is 10.2. The molecule has 0 unspecified atom stereocenters. The highest BCUT2D eigenvalue weighted by Crippen LogP contribution is 2.44. The van der Waals surface area contributed by atoms with Gasteiger partial charge >= 0.3 is 24.7 Å².